The average Bonchev–Trinajstić information content (AvgIpc) is 2.68. The Morgan fingerprint density at radius 1 is 1.43 bits per heavy atom. The van der Waals surface area contributed by atoms with Crippen molar-refractivity contribution < 1.29 is 17.9 Å². The minimum atomic E-state index is -3.02. The van der Waals surface area contributed by atoms with Gasteiger partial charge in [-0.2, -0.15) is 0 Å². The highest BCUT2D eigenvalue weighted by atomic mass is 32.2. The van der Waals surface area contributed by atoms with Gasteiger partial charge in [-0.05, 0) is 11.8 Å². The van der Waals surface area contributed by atoms with E-state index in [9.17, 15) is 13.2 Å². The predicted molar refractivity (Wildman–Crippen MR) is 82.7 cm³/mol. The number of sulfone groups is 1. The molecule has 0 saturated carbocycles. The average molecular weight is 320 g/mol. The summed E-state index contributed by atoms with van der Waals surface area (Å²) in [4.78, 5) is 14.1. The lowest BCUT2D eigenvalue weighted by Crippen LogP contribution is -2.47. The topological polar surface area (TPSA) is 89.7 Å². The third-order valence-corrected chi connectivity index (χ3v) is 5.76. The maximum Gasteiger partial charge on any atom is 0.224 e. The Kier molecular flexibility index (Phi) is 6.19. The molecule has 0 aromatic rings. The molecule has 0 aromatic heterocycles. The molecule has 124 valence electrons. The number of hydrogen-bond donors (Lipinski definition) is 1. The maximum atomic E-state index is 12.5. The normalized spacial score (nSPS) is 23.0. The van der Waals surface area contributed by atoms with Crippen LogP contribution in [0.1, 0.15) is 33.6 Å². The van der Waals surface area contributed by atoms with Gasteiger partial charge in [0.25, 0.3) is 0 Å². The van der Waals surface area contributed by atoms with Gasteiger partial charge >= 0.3 is 0 Å². The molecule has 2 atom stereocenters. The van der Waals surface area contributed by atoms with Crippen molar-refractivity contribution in [2.24, 2.45) is 11.1 Å². The fraction of sp³-hybridized carbons (Fsp3) is 0.929. The molecule has 2 unspecified atom stereocenters. The molecule has 1 saturated heterocycles. The Morgan fingerprint density at radius 2 is 2.05 bits per heavy atom. The van der Waals surface area contributed by atoms with Gasteiger partial charge in [0, 0.05) is 32.2 Å². The van der Waals surface area contributed by atoms with E-state index >= 15 is 0 Å². The summed E-state index contributed by atoms with van der Waals surface area (Å²) < 4.78 is 28.3. The van der Waals surface area contributed by atoms with Gasteiger partial charge in [-0.15, -0.1) is 0 Å². The standard InChI is InChI=1S/C14H28N2O4S/c1-14(2,3)12(15)9-13(17)16(6-7-20-4)11-5-8-21(18,19)10-11/h11-12H,5-10,15H2,1-4H3. The molecule has 1 rings (SSSR count). The van der Waals surface area contributed by atoms with Crippen LogP contribution >= 0.6 is 0 Å². The fourth-order valence-electron chi connectivity index (χ4n) is 2.33. The Morgan fingerprint density at radius 3 is 2.48 bits per heavy atom. The molecule has 7 heteroatoms. The second-order valence-corrected chi connectivity index (χ2v) is 9.04. The molecule has 2 N–H and O–H groups in total. The van der Waals surface area contributed by atoms with E-state index in [2.05, 4.69) is 0 Å². The first-order valence-electron chi connectivity index (χ1n) is 7.31. The number of carbonyl (C=O) groups excluding carboxylic acids is 1. The van der Waals surface area contributed by atoms with Crippen LogP contribution in [-0.2, 0) is 19.4 Å². The second kappa shape index (κ2) is 7.07. The van der Waals surface area contributed by atoms with E-state index in [0.717, 1.165) is 0 Å². The fourth-order valence-corrected chi connectivity index (χ4v) is 4.06. The van der Waals surface area contributed by atoms with Crippen LogP contribution in [0, 0.1) is 5.41 Å². The number of ether oxygens (including phenoxy) is 1. The van der Waals surface area contributed by atoms with Crippen molar-refractivity contribution in [2.75, 3.05) is 31.8 Å². The monoisotopic (exact) mass is 320 g/mol. The van der Waals surface area contributed by atoms with Crippen LogP contribution in [-0.4, -0.2) is 63.1 Å². The summed E-state index contributed by atoms with van der Waals surface area (Å²) in [6, 6.07) is -0.502. The summed E-state index contributed by atoms with van der Waals surface area (Å²) in [7, 11) is -1.46. The molecule has 1 amide bonds. The first-order valence-corrected chi connectivity index (χ1v) is 9.13. The minimum Gasteiger partial charge on any atom is -0.383 e. The molecular weight excluding hydrogens is 292 g/mol. The SMILES string of the molecule is COCCN(C(=O)CC(N)C(C)(C)C)C1CCS(=O)(=O)C1. The van der Waals surface area contributed by atoms with Crippen LogP contribution in [0.3, 0.4) is 0 Å². The van der Waals surface area contributed by atoms with E-state index in [4.69, 9.17) is 10.5 Å². The smallest absolute Gasteiger partial charge is 0.224 e. The molecule has 1 aliphatic rings. The van der Waals surface area contributed by atoms with Crippen molar-refractivity contribution in [3.63, 3.8) is 0 Å². The quantitative estimate of drug-likeness (QED) is 0.766. The molecule has 0 bridgehead atoms. The second-order valence-electron chi connectivity index (χ2n) is 6.81. The van der Waals surface area contributed by atoms with Crippen LogP contribution in [0.5, 0.6) is 0 Å². The van der Waals surface area contributed by atoms with Crippen molar-refractivity contribution in [3.8, 4) is 0 Å². The number of nitrogens with zero attached hydrogens (tertiary/aromatic N) is 1. The molecule has 21 heavy (non-hydrogen) atoms. The summed E-state index contributed by atoms with van der Waals surface area (Å²) in [5, 5.41) is 0. The Bertz CT molecular complexity index is 456. The predicted octanol–water partition coefficient (Wildman–Crippen LogP) is 0.412. The molecule has 6 nitrogen and oxygen atoms in total. The number of carbonyl (C=O) groups is 1. The lowest BCUT2D eigenvalue weighted by Gasteiger charge is -2.32. The van der Waals surface area contributed by atoms with E-state index in [0.29, 0.717) is 19.6 Å². The van der Waals surface area contributed by atoms with Gasteiger partial charge in [-0.1, -0.05) is 20.8 Å². The Hall–Kier alpha value is -0.660. The molecule has 0 radical (unpaired) electrons. The minimum absolute atomic E-state index is 0.0488. The van der Waals surface area contributed by atoms with Gasteiger partial charge in [-0.3, -0.25) is 4.79 Å². The zero-order valence-corrected chi connectivity index (χ0v) is 14.3. The summed E-state index contributed by atoms with van der Waals surface area (Å²) in [5.41, 5.74) is 5.91. The maximum absolute atomic E-state index is 12.5. The first-order chi connectivity index (χ1) is 9.57. The summed E-state index contributed by atoms with van der Waals surface area (Å²) in [6.07, 6.45) is 0.728. The van der Waals surface area contributed by atoms with E-state index < -0.39 is 9.84 Å². The highest BCUT2D eigenvalue weighted by molar-refractivity contribution is 7.91. The van der Waals surface area contributed by atoms with Crippen molar-refractivity contribution in [3.05, 3.63) is 0 Å². The third-order valence-electron chi connectivity index (χ3n) is 4.01. The molecular formula is C14H28N2O4S. The molecule has 0 spiro atoms. The lowest BCUT2D eigenvalue weighted by atomic mass is 9.85. The molecule has 1 fully saturated rings. The van der Waals surface area contributed by atoms with Crippen LogP contribution in [0.15, 0.2) is 0 Å². The largest absolute Gasteiger partial charge is 0.383 e. The highest BCUT2D eigenvalue weighted by Crippen LogP contribution is 2.23. The number of hydrogen-bond acceptors (Lipinski definition) is 5. The van der Waals surface area contributed by atoms with Gasteiger partial charge < -0.3 is 15.4 Å². The van der Waals surface area contributed by atoms with Gasteiger partial charge in [0.15, 0.2) is 9.84 Å². The molecule has 1 aliphatic heterocycles. The third kappa shape index (κ3) is 5.56. The van der Waals surface area contributed by atoms with Crippen molar-refractivity contribution in [1.82, 2.24) is 4.90 Å². The van der Waals surface area contributed by atoms with Gasteiger partial charge in [0.1, 0.15) is 0 Å². The summed E-state index contributed by atoms with van der Waals surface area (Å²) in [5.74, 6) is 0.115. The van der Waals surface area contributed by atoms with E-state index in [1.165, 1.54) is 0 Å². The zero-order valence-electron chi connectivity index (χ0n) is 13.5. The molecule has 0 aromatic carbocycles. The van der Waals surface area contributed by atoms with Gasteiger partial charge in [0.2, 0.25) is 5.91 Å². The van der Waals surface area contributed by atoms with Crippen LogP contribution in [0.25, 0.3) is 0 Å². The van der Waals surface area contributed by atoms with E-state index in [1.807, 2.05) is 20.8 Å². The molecule has 0 aliphatic carbocycles. The van der Waals surface area contributed by atoms with E-state index in [1.54, 1.807) is 12.0 Å². The van der Waals surface area contributed by atoms with Gasteiger partial charge in [-0.25, -0.2) is 8.42 Å². The van der Waals surface area contributed by atoms with Crippen molar-refractivity contribution >= 4 is 15.7 Å². The van der Waals surface area contributed by atoms with E-state index in [-0.39, 0.29) is 41.3 Å². The summed E-state index contributed by atoms with van der Waals surface area (Å²) >= 11 is 0. The van der Waals surface area contributed by atoms with Crippen molar-refractivity contribution in [2.45, 2.75) is 45.7 Å². The van der Waals surface area contributed by atoms with Crippen LogP contribution < -0.4 is 5.73 Å². The number of methoxy groups -OCH3 is 1. The van der Waals surface area contributed by atoms with Gasteiger partial charge in [0.05, 0.1) is 18.1 Å². The molecule has 1 heterocycles. The van der Waals surface area contributed by atoms with Crippen molar-refractivity contribution in [1.29, 1.82) is 0 Å². The number of rotatable bonds is 6. The highest BCUT2D eigenvalue weighted by Gasteiger charge is 2.35. The van der Waals surface area contributed by atoms with Crippen LogP contribution in [0.4, 0.5) is 0 Å². The first kappa shape index (κ1) is 18.4. The summed E-state index contributed by atoms with van der Waals surface area (Å²) in [6.45, 7) is 6.78. The van der Waals surface area contributed by atoms with Crippen LogP contribution in [0.2, 0.25) is 0 Å². The lowest BCUT2D eigenvalue weighted by molar-refractivity contribution is -0.134. The Balaban J connectivity index is 2.75. The number of amides is 1. The zero-order chi connectivity index (χ0) is 16.3. The Labute approximate surface area is 127 Å². The number of nitrogens with two attached hydrogens (primary N) is 1.